The second-order valence-electron chi connectivity index (χ2n) is 4.80. The second kappa shape index (κ2) is 7.37. The fourth-order valence-electron chi connectivity index (χ4n) is 2.00. The van der Waals surface area contributed by atoms with E-state index < -0.39 is 0 Å². The third-order valence-corrected chi connectivity index (χ3v) is 4.56. The Labute approximate surface area is 150 Å². The summed E-state index contributed by atoms with van der Waals surface area (Å²) in [5, 5.41) is 7.84. The van der Waals surface area contributed by atoms with Crippen LogP contribution in [-0.2, 0) is 0 Å². The summed E-state index contributed by atoms with van der Waals surface area (Å²) >= 11 is 4.70. The van der Waals surface area contributed by atoms with Gasteiger partial charge >= 0.3 is 0 Å². The number of amides is 2. The number of aromatic nitrogens is 1. The molecule has 2 aromatic carbocycles. The van der Waals surface area contributed by atoms with E-state index in [9.17, 15) is 9.59 Å². The topological polar surface area (TPSA) is 71.1 Å². The standard InChI is InChI=1S/C17H12BrN3O2S/c18-14-4-2-1-3-13(14)16(23)20-12-7-5-11(6-8-12)15(22)21-17-19-9-10-24-17/h1-10H,(H,20,23)(H,19,21,22). The van der Waals surface area contributed by atoms with Gasteiger partial charge in [-0.05, 0) is 52.3 Å². The highest BCUT2D eigenvalue weighted by molar-refractivity contribution is 9.10. The summed E-state index contributed by atoms with van der Waals surface area (Å²) in [7, 11) is 0. The van der Waals surface area contributed by atoms with E-state index in [2.05, 4.69) is 31.5 Å². The van der Waals surface area contributed by atoms with Gasteiger partial charge in [0.15, 0.2) is 5.13 Å². The number of anilines is 2. The molecule has 0 saturated heterocycles. The van der Waals surface area contributed by atoms with E-state index >= 15 is 0 Å². The number of carbonyl (C=O) groups is 2. The van der Waals surface area contributed by atoms with Crippen LogP contribution in [0.1, 0.15) is 20.7 Å². The molecule has 0 aliphatic heterocycles. The summed E-state index contributed by atoms with van der Waals surface area (Å²) in [5.74, 6) is -0.462. The van der Waals surface area contributed by atoms with Crippen molar-refractivity contribution in [3.63, 3.8) is 0 Å². The lowest BCUT2D eigenvalue weighted by Gasteiger charge is -2.08. The molecule has 120 valence electrons. The number of rotatable bonds is 4. The summed E-state index contributed by atoms with van der Waals surface area (Å²) < 4.78 is 0.724. The zero-order valence-electron chi connectivity index (χ0n) is 12.3. The highest BCUT2D eigenvalue weighted by atomic mass is 79.9. The zero-order valence-corrected chi connectivity index (χ0v) is 14.7. The molecular formula is C17H12BrN3O2S. The van der Waals surface area contributed by atoms with Crippen molar-refractivity contribution in [3.05, 3.63) is 75.7 Å². The van der Waals surface area contributed by atoms with Crippen molar-refractivity contribution in [3.8, 4) is 0 Å². The van der Waals surface area contributed by atoms with Crippen LogP contribution in [0.25, 0.3) is 0 Å². The number of thiazole rings is 1. The maximum absolute atomic E-state index is 12.2. The van der Waals surface area contributed by atoms with E-state index in [0.717, 1.165) is 4.47 Å². The Kier molecular flexibility index (Phi) is 5.02. The average Bonchev–Trinajstić information content (AvgIpc) is 3.08. The van der Waals surface area contributed by atoms with Gasteiger partial charge in [0.2, 0.25) is 0 Å². The highest BCUT2D eigenvalue weighted by Crippen LogP contribution is 2.19. The normalized spacial score (nSPS) is 10.2. The Morgan fingerprint density at radius 1 is 0.958 bits per heavy atom. The molecule has 7 heteroatoms. The van der Waals surface area contributed by atoms with E-state index in [-0.39, 0.29) is 11.8 Å². The lowest BCUT2D eigenvalue weighted by molar-refractivity contribution is 0.101. The van der Waals surface area contributed by atoms with E-state index in [4.69, 9.17) is 0 Å². The van der Waals surface area contributed by atoms with Gasteiger partial charge in [-0.1, -0.05) is 12.1 Å². The molecule has 5 nitrogen and oxygen atoms in total. The molecule has 0 bridgehead atoms. The van der Waals surface area contributed by atoms with Crippen molar-refractivity contribution in [2.24, 2.45) is 0 Å². The first-order valence-corrected chi connectivity index (χ1v) is 8.67. The summed E-state index contributed by atoms with van der Waals surface area (Å²) in [6.45, 7) is 0. The van der Waals surface area contributed by atoms with Crippen LogP contribution in [0, 0.1) is 0 Å². The Balaban J connectivity index is 1.67. The SMILES string of the molecule is O=C(Nc1nccs1)c1ccc(NC(=O)c2ccccc2Br)cc1. The number of nitrogens with zero attached hydrogens (tertiary/aromatic N) is 1. The highest BCUT2D eigenvalue weighted by Gasteiger charge is 2.11. The van der Waals surface area contributed by atoms with Gasteiger partial charge in [-0.25, -0.2) is 4.98 Å². The minimum atomic E-state index is -0.242. The van der Waals surface area contributed by atoms with Gasteiger partial charge in [-0.3, -0.25) is 14.9 Å². The molecule has 0 aliphatic carbocycles. The third kappa shape index (κ3) is 3.87. The summed E-state index contributed by atoms with van der Waals surface area (Å²) in [4.78, 5) is 28.3. The number of benzene rings is 2. The molecule has 1 heterocycles. The largest absolute Gasteiger partial charge is 0.322 e. The van der Waals surface area contributed by atoms with Crippen LogP contribution in [0.15, 0.2) is 64.6 Å². The molecule has 0 radical (unpaired) electrons. The maximum atomic E-state index is 12.2. The molecule has 0 saturated carbocycles. The van der Waals surface area contributed by atoms with Crippen LogP contribution in [0.2, 0.25) is 0 Å². The summed E-state index contributed by atoms with van der Waals surface area (Å²) in [6.07, 6.45) is 1.63. The first-order valence-electron chi connectivity index (χ1n) is 7.00. The lowest BCUT2D eigenvalue weighted by atomic mass is 10.1. The van der Waals surface area contributed by atoms with E-state index in [0.29, 0.717) is 21.9 Å². The summed E-state index contributed by atoms with van der Waals surface area (Å²) in [6, 6.07) is 13.9. The third-order valence-electron chi connectivity index (χ3n) is 3.18. The number of halogens is 1. The first kappa shape index (κ1) is 16.4. The van der Waals surface area contributed by atoms with Crippen molar-refractivity contribution < 1.29 is 9.59 Å². The van der Waals surface area contributed by atoms with Gasteiger partial charge in [0, 0.05) is 27.3 Å². The van der Waals surface area contributed by atoms with Crippen molar-refractivity contribution in [1.29, 1.82) is 0 Å². The van der Waals surface area contributed by atoms with Crippen molar-refractivity contribution in [1.82, 2.24) is 4.98 Å². The molecule has 0 atom stereocenters. The number of hydrogen-bond acceptors (Lipinski definition) is 4. The minimum Gasteiger partial charge on any atom is -0.322 e. The Morgan fingerprint density at radius 3 is 2.38 bits per heavy atom. The van der Waals surface area contributed by atoms with E-state index in [1.54, 1.807) is 54.0 Å². The minimum absolute atomic E-state index is 0.220. The molecule has 2 N–H and O–H groups in total. The maximum Gasteiger partial charge on any atom is 0.257 e. The molecule has 0 fully saturated rings. The quantitative estimate of drug-likeness (QED) is 0.679. The van der Waals surface area contributed by atoms with Gasteiger partial charge in [-0.15, -0.1) is 11.3 Å². The number of nitrogens with one attached hydrogen (secondary N) is 2. The van der Waals surface area contributed by atoms with E-state index in [1.807, 2.05) is 6.07 Å². The molecule has 1 aromatic heterocycles. The molecule has 3 aromatic rings. The smallest absolute Gasteiger partial charge is 0.257 e. The van der Waals surface area contributed by atoms with Crippen molar-refractivity contribution >= 4 is 49.9 Å². The fraction of sp³-hybridized carbons (Fsp3) is 0. The van der Waals surface area contributed by atoms with Crippen LogP contribution in [0.5, 0.6) is 0 Å². The van der Waals surface area contributed by atoms with Crippen LogP contribution < -0.4 is 10.6 Å². The van der Waals surface area contributed by atoms with Crippen LogP contribution in [0.3, 0.4) is 0 Å². The van der Waals surface area contributed by atoms with Crippen molar-refractivity contribution in [2.45, 2.75) is 0 Å². The Bertz CT molecular complexity index is 864. The Morgan fingerprint density at radius 2 is 1.71 bits per heavy atom. The van der Waals surface area contributed by atoms with Gasteiger partial charge in [0.25, 0.3) is 11.8 Å². The molecule has 0 unspecified atom stereocenters. The van der Waals surface area contributed by atoms with E-state index in [1.165, 1.54) is 11.3 Å². The molecule has 3 rings (SSSR count). The fourth-order valence-corrected chi connectivity index (χ4v) is 2.99. The molecular weight excluding hydrogens is 390 g/mol. The monoisotopic (exact) mass is 401 g/mol. The molecule has 0 spiro atoms. The average molecular weight is 402 g/mol. The van der Waals surface area contributed by atoms with Crippen molar-refractivity contribution in [2.75, 3.05) is 10.6 Å². The predicted octanol–water partition coefficient (Wildman–Crippen LogP) is 4.41. The molecule has 24 heavy (non-hydrogen) atoms. The van der Waals surface area contributed by atoms with Crippen LogP contribution >= 0.6 is 27.3 Å². The number of hydrogen-bond donors (Lipinski definition) is 2. The zero-order chi connectivity index (χ0) is 16.9. The molecule has 0 aliphatic rings. The van der Waals surface area contributed by atoms with Gasteiger partial charge in [0.05, 0.1) is 5.56 Å². The van der Waals surface area contributed by atoms with Crippen LogP contribution in [-0.4, -0.2) is 16.8 Å². The predicted molar refractivity (Wildman–Crippen MR) is 98.6 cm³/mol. The molecule has 2 amide bonds. The first-order chi connectivity index (χ1) is 11.6. The van der Waals surface area contributed by atoms with Crippen LogP contribution in [0.4, 0.5) is 10.8 Å². The van der Waals surface area contributed by atoms with Gasteiger partial charge in [-0.2, -0.15) is 0 Å². The Hall–Kier alpha value is -2.51. The van der Waals surface area contributed by atoms with Gasteiger partial charge in [0.1, 0.15) is 0 Å². The lowest BCUT2D eigenvalue weighted by Crippen LogP contribution is -2.14. The summed E-state index contributed by atoms with van der Waals surface area (Å²) in [5.41, 5.74) is 1.65. The van der Waals surface area contributed by atoms with Gasteiger partial charge < -0.3 is 5.32 Å². The number of carbonyl (C=O) groups excluding carboxylic acids is 2. The second-order valence-corrected chi connectivity index (χ2v) is 6.55.